The fraction of sp³-hybridized carbons (Fsp3) is 0.250. The van der Waals surface area contributed by atoms with Crippen molar-refractivity contribution in [2.75, 3.05) is 13.6 Å². The number of aromatic nitrogens is 1. The SMILES string of the molecule is CNCC(c1ccncc1)c1cc(Br)cs1. The quantitative estimate of drug-likeness (QED) is 0.937. The van der Waals surface area contributed by atoms with Crippen molar-refractivity contribution in [3.05, 3.63) is 50.9 Å². The van der Waals surface area contributed by atoms with Crippen LogP contribution in [0.15, 0.2) is 40.4 Å². The van der Waals surface area contributed by atoms with Gasteiger partial charge in [0.05, 0.1) is 0 Å². The van der Waals surface area contributed by atoms with Gasteiger partial charge in [-0.2, -0.15) is 0 Å². The summed E-state index contributed by atoms with van der Waals surface area (Å²) in [5, 5.41) is 5.37. The van der Waals surface area contributed by atoms with Gasteiger partial charge in [0.2, 0.25) is 0 Å². The summed E-state index contributed by atoms with van der Waals surface area (Å²) in [5.74, 6) is 0.407. The van der Waals surface area contributed by atoms with Crippen LogP contribution in [0.5, 0.6) is 0 Å². The third kappa shape index (κ3) is 2.70. The van der Waals surface area contributed by atoms with Crippen molar-refractivity contribution in [3.8, 4) is 0 Å². The molecule has 84 valence electrons. The van der Waals surface area contributed by atoms with Gasteiger partial charge in [0, 0.05) is 39.6 Å². The molecule has 1 unspecified atom stereocenters. The molecule has 2 nitrogen and oxygen atoms in total. The van der Waals surface area contributed by atoms with Gasteiger partial charge in [-0.05, 0) is 46.7 Å². The lowest BCUT2D eigenvalue weighted by Gasteiger charge is -2.14. The molecule has 2 aromatic heterocycles. The van der Waals surface area contributed by atoms with Gasteiger partial charge in [0.1, 0.15) is 0 Å². The first kappa shape index (κ1) is 11.8. The van der Waals surface area contributed by atoms with E-state index < -0.39 is 0 Å². The summed E-state index contributed by atoms with van der Waals surface area (Å²) in [6.07, 6.45) is 3.70. The Kier molecular flexibility index (Phi) is 4.09. The van der Waals surface area contributed by atoms with Gasteiger partial charge in [-0.3, -0.25) is 4.98 Å². The van der Waals surface area contributed by atoms with Crippen LogP contribution in [0, 0.1) is 0 Å². The minimum atomic E-state index is 0.407. The van der Waals surface area contributed by atoms with Crippen molar-refractivity contribution in [1.29, 1.82) is 0 Å². The molecular weight excluding hydrogens is 284 g/mol. The highest BCUT2D eigenvalue weighted by molar-refractivity contribution is 9.10. The molecule has 2 rings (SSSR count). The smallest absolute Gasteiger partial charge is 0.0310 e. The Hall–Kier alpha value is -0.710. The van der Waals surface area contributed by atoms with Crippen LogP contribution in [0.4, 0.5) is 0 Å². The number of hydrogen-bond acceptors (Lipinski definition) is 3. The summed E-state index contributed by atoms with van der Waals surface area (Å²) in [4.78, 5) is 5.43. The molecule has 0 spiro atoms. The van der Waals surface area contributed by atoms with Gasteiger partial charge < -0.3 is 5.32 Å². The standard InChI is InChI=1S/C12H13BrN2S/c1-14-7-11(9-2-4-15-5-3-9)12-6-10(13)8-16-12/h2-6,8,11,14H,7H2,1H3. The zero-order chi connectivity index (χ0) is 11.4. The van der Waals surface area contributed by atoms with Gasteiger partial charge in [0.15, 0.2) is 0 Å². The second-order valence-corrected chi connectivity index (χ2v) is 5.42. The van der Waals surface area contributed by atoms with E-state index in [4.69, 9.17) is 0 Å². The number of nitrogens with one attached hydrogen (secondary N) is 1. The summed E-state index contributed by atoms with van der Waals surface area (Å²) in [6, 6.07) is 6.35. The normalized spacial score (nSPS) is 12.6. The average Bonchev–Trinajstić information content (AvgIpc) is 2.74. The topological polar surface area (TPSA) is 24.9 Å². The number of rotatable bonds is 4. The highest BCUT2D eigenvalue weighted by Crippen LogP contribution is 2.31. The second-order valence-electron chi connectivity index (χ2n) is 3.56. The molecule has 0 amide bonds. The van der Waals surface area contributed by atoms with E-state index in [1.807, 2.05) is 19.4 Å². The molecule has 1 N–H and O–H groups in total. The van der Waals surface area contributed by atoms with Crippen LogP contribution in [-0.4, -0.2) is 18.6 Å². The van der Waals surface area contributed by atoms with Crippen molar-refractivity contribution < 1.29 is 0 Å². The first-order valence-electron chi connectivity index (χ1n) is 5.09. The zero-order valence-corrected chi connectivity index (χ0v) is 11.4. The maximum atomic E-state index is 4.06. The molecular formula is C12H13BrN2S. The van der Waals surface area contributed by atoms with Crippen molar-refractivity contribution in [3.63, 3.8) is 0 Å². The highest BCUT2D eigenvalue weighted by Gasteiger charge is 2.14. The first-order chi connectivity index (χ1) is 7.81. The first-order valence-corrected chi connectivity index (χ1v) is 6.77. The molecule has 0 aliphatic rings. The fourth-order valence-corrected chi connectivity index (χ4v) is 3.27. The zero-order valence-electron chi connectivity index (χ0n) is 8.98. The van der Waals surface area contributed by atoms with E-state index in [2.05, 4.69) is 49.8 Å². The molecule has 0 saturated heterocycles. The number of hydrogen-bond donors (Lipinski definition) is 1. The largest absolute Gasteiger partial charge is 0.319 e. The Labute approximate surface area is 108 Å². The number of likely N-dealkylation sites (N-methyl/N-ethyl adjacent to an activating group) is 1. The van der Waals surface area contributed by atoms with Crippen molar-refractivity contribution in [2.45, 2.75) is 5.92 Å². The summed E-state index contributed by atoms with van der Waals surface area (Å²) in [7, 11) is 1.98. The summed E-state index contributed by atoms with van der Waals surface area (Å²) >= 11 is 5.29. The van der Waals surface area contributed by atoms with Crippen molar-refractivity contribution in [1.82, 2.24) is 10.3 Å². The third-order valence-electron chi connectivity index (χ3n) is 2.45. The lowest BCUT2D eigenvalue weighted by atomic mass is 9.99. The van der Waals surface area contributed by atoms with Crippen LogP contribution in [0.3, 0.4) is 0 Å². The summed E-state index contributed by atoms with van der Waals surface area (Å²) in [5.41, 5.74) is 1.30. The summed E-state index contributed by atoms with van der Waals surface area (Å²) < 4.78 is 1.16. The van der Waals surface area contributed by atoms with Crippen LogP contribution in [0.1, 0.15) is 16.4 Å². The van der Waals surface area contributed by atoms with E-state index >= 15 is 0 Å². The predicted octanol–water partition coefficient (Wildman–Crippen LogP) is 3.26. The maximum absolute atomic E-state index is 4.06. The van der Waals surface area contributed by atoms with Crippen LogP contribution >= 0.6 is 27.3 Å². The third-order valence-corrected chi connectivity index (χ3v) is 4.26. The van der Waals surface area contributed by atoms with Crippen LogP contribution < -0.4 is 5.32 Å². The molecule has 4 heteroatoms. The van der Waals surface area contributed by atoms with Gasteiger partial charge in [0.25, 0.3) is 0 Å². The van der Waals surface area contributed by atoms with E-state index in [1.165, 1.54) is 10.4 Å². The van der Waals surface area contributed by atoms with Gasteiger partial charge >= 0.3 is 0 Å². The molecule has 0 saturated carbocycles. The Morgan fingerprint density at radius 1 is 1.44 bits per heavy atom. The van der Waals surface area contributed by atoms with Crippen LogP contribution in [0.2, 0.25) is 0 Å². The molecule has 0 bridgehead atoms. The van der Waals surface area contributed by atoms with Gasteiger partial charge in [-0.25, -0.2) is 0 Å². The number of halogens is 1. The highest BCUT2D eigenvalue weighted by atomic mass is 79.9. The van der Waals surface area contributed by atoms with Gasteiger partial charge in [-0.15, -0.1) is 11.3 Å². The average molecular weight is 297 g/mol. The van der Waals surface area contributed by atoms with E-state index in [1.54, 1.807) is 11.3 Å². The number of pyridine rings is 1. The lowest BCUT2D eigenvalue weighted by Crippen LogP contribution is -2.17. The molecule has 0 radical (unpaired) electrons. The van der Waals surface area contributed by atoms with E-state index in [0.717, 1.165) is 11.0 Å². The van der Waals surface area contributed by atoms with Crippen LogP contribution in [0.25, 0.3) is 0 Å². The molecule has 2 aromatic rings. The molecule has 1 atom stereocenters. The fourth-order valence-electron chi connectivity index (χ4n) is 1.69. The summed E-state index contributed by atoms with van der Waals surface area (Å²) in [6.45, 7) is 0.941. The minimum absolute atomic E-state index is 0.407. The number of thiophene rings is 1. The molecule has 0 aliphatic heterocycles. The maximum Gasteiger partial charge on any atom is 0.0310 e. The minimum Gasteiger partial charge on any atom is -0.319 e. The Morgan fingerprint density at radius 2 is 2.19 bits per heavy atom. The Balaban J connectivity index is 2.31. The van der Waals surface area contributed by atoms with Crippen molar-refractivity contribution >= 4 is 27.3 Å². The molecule has 2 heterocycles. The molecule has 0 fully saturated rings. The number of nitrogens with zero attached hydrogens (tertiary/aromatic N) is 1. The second kappa shape index (κ2) is 5.57. The van der Waals surface area contributed by atoms with E-state index in [-0.39, 0.29) is 0 Å². The molecule has 16 heavy (non-hydrogen) atoms. The Morgan fingerprint density at radius 3 is 2.75 bits per heavy atom. The van der Waals surface area contributed by atoms with Crippen LogP contribution in [-0.2, 0) is 0 Å². The predicted molar refractivity (Wildman–Crippen MR) is 72.0 cm³/mol. The molecule has 0 aromatic carbocycles. The molecule has 0 aliphatic carbocycles. The van der Waals surface area contributed by atoms with Gasteiger partial charge in [-0.1, -0.05) is 0 Å². The Bertz CT molecular complexity index is 441. The van der Waals surface area contributed by atoms with Crippen molar-refractivity contribution in [2.24, 2.45) is 0 Å². The van der Waals surface area contributed by atoms with E-state index in [0.29, 0.717) is 5.92 Å². The lowest BCUT2D eigenvalue weighted by molar-refractivity contribution is 0.716. The van der Waals surface area contributed by atoms with E-state index in [9.17, 15) is 0 Å². The monoisotopic (exact) mass is 296 g/mol.